The summed E-state index contributed by atoms with van der Waals surface area (Å²) in [5.41, 5.74) is 9.01. The minimum atomic E-state index is 0.00541. The van der Waals surface area contributed by atoms with Crippen LogP contribution < -0.4 is 4.74 Å². The molecule has 39 heavy (non-hydrogen) atoms. The first-order valence-electron chi connectivity index (χ1n) is 13.1. The topological polar surface area (TPSA) is 76.0 Å². The molecule has 6 aromatic rings. The van der Waals surface area contributed by atoms with Crippen molar-refractivity contribution in [3.8, 4) is 16.9 Å². The van der Waals surface area contributed by atoms with E-state index in [9.17, 15) is 4.79 Å². The first kappa shape index (κ1) is 23.2. The number of para-hydroxylation sites is 2. The average molecular weight is 514 g/mol. The summed E-state index contributed by atoms with van der Waals surface area (Å²) in [7, 11) is 0. The Morgan fingerprint density at radius 2 is 1.77 bits per heavy atom. The van der Waals surface area contributed by atoms with Crippen molar-refractivity contribution in [2.45, 2.75) is 20.0 Å². The smallest absolute Gasteiger partial charge is 0.254 e. The molecule has 0 unspecified atom stereocenters. The largest absolute Gasteiger partial charge is 0.491 e. The molecule has 192 valence electrons. The number of H-pyrrole nitrogens is 1. The van der Waals surface area contributed by atoms with Crippen molar-refractivity contribution in [2.75, 3.05) is 13.2 Å². The summed E-state index contributed by atoms with van der Waals surface area (Å²) in [5, 5.41) is 0. The zero-order valence-corrected chi connectivity index (χ0v) is 21.6. The van der Waals surface area contributed by atoms with Crippen LogP contribution in [0.3, 0.4) is 0 Å². The molecular formula is C32H27N5O2. The van der Waals surface area contributed by atoms with Gasteiger partial charge in [-0.05, 0) is 72.1 Å². The number of aromatic nitrogens is 4. The Hall–Kier alpha value is -4.91. The monoisotopic (exact) mass is 513 g/mol. The van der Waals surface area contributed by atoms with E-state index in [-0.39, 0.29) is 5.91 Å². The third-order valence-electron chi connectivity index (χ3n) is 7.34. The first-order valence-corrected chi connectivity index (χ1v) is 13.1. The lowest BCUT2D eigenvalue weighted by Crippen LogP contribution is -2.32. The van der Waals surface area contributed by atoms with E-state index >= 15 is 0 Å². The Morgan fingerprint density at radius 1 is 0.949 bits per heavy atom. The second kappa shape index (κ2) is 9.44. The fourth-order valence-corrected chi connectivity index (χ4v) is 5.33. The summed E-state index contributed by atoms with van der Waals surface area (Å²) < 4.78 is 8.15. The molecule has 1 aliphatic heterocycles. The number of nitrogens with zero attached hydrogens (tertiary/aromatic N) is 4. The van der Waals surface area contributed by atoms with E-state index in [1.807, 2.05) is 72.7 Å². The van der Waals surface area contributed by atoms with Gasteiger partial charge in [0.1, 0.15) is 18.2 Å². The zero-order chi connectivity index (χ0) is 26.3. The van der Waals surface area contributed by atoms with E-state index in [4.69, 9.17) is 4.74 Å². The molecule has 0 fully saturated rings. The summed E-state index contributed by atoms with van der Waals surface area (Å²) >= 11 is 0. The Labute approximate surface area is 225 Å². The van der Waals surface area contributed by atoms with Crippen LogP contribution >= 0.6 is 0 Å². The fraction of sp³-hybridized carbons (Fsp3) is 0.156. The molecule has 0 bridgehead atoms. The maximum Gasteiger partial charge on any atom is 0.254 e. The molecule has 0 aliphatic carbocycles. The van der Waals surface area contributed by atoms with Gasteiger partial charge in [0.2, 0.25) is 0 Å². The number of fused-ring (bicyclic) bond motifs is 3. The van der Waals surface area contributed by atoms with Gasteiger partial charge in [0.05, 0.1) is 34.9 Å². The number of carbonyl (C=O) groups is 1. The van der Waals surface area contributed by atoms with Crippen molar-refractivity contribution in [1.82, 2.24) is 24.4 Å². The highest BCUT2D eigenvalue weighted by atomic mass is 16.5. The average Bonchev–Trinajstić information content (AvgIpc) is 3.47. The van der Waals surface area contributed by atoms with Gasteiger partial charge >= 0.3 is 0 Å². The second-order valence-corrected chi connectivity index (χ2v) is 10.0. The van der Waals surface area contributed by atoms with Gasteiger partial charge in [-0.2, -0.15) is 0 Å². The molecule has 0 atom stereocenters. The molecule has 0 saturated carbocycles. The van der Waals surface area contributed by atoms with Crippen LogP contribution in [0.2, 0.25) is 0 Å². The summed E-state index contributed by atoms with van der Waals surface area (Å²) in [6.07, 6.45) is 1.86. The molecule has 4 aromatic carbocycles. The van der Waals surface area contributed by atoms with Crippen LogP contribution in [0.5, 0.6) is 5.75 Å². The van der Waals surface area contributed by atoms with Crippen LogP contribution in [0.25, 0.3) is 33.2 Å². The van der Waals surface area contributed by atoms with E-state index in [1.54, 1.807) is 0 Å². The number of ether oxygens (including phenoxy) is 1. The number of amides is 1. The van der Waals surface area contributed by atoms with E-state index in [0.717, 1.165) is 55.9 Å². The van der Waals surface area contributed by atoms with Gasteiger partial charge in [-0.15, -0.1) is 0 Å². The SMILES string of the molecule is Cc1nc2ccc(-c3ccc4c(c3)CN(C(=O)c3ccc(Cn5cnc6ccccc65)cc3)CCO4)cc2[nH]1. The molecule has 1 amide bonds. The van der Waals surface area contributed by atoms with Crippen molar-refractivity contribution in [2.24, 2.45) is 0 Å². The highest BCUT2D eigenvalue weighted by Gasteiger charge is 2.22. The number of imidazole rings is 2. The summed E-state index contributed by atoms with van der Waals surface area (Å²) in [4.78, 5) is 27.7. The summed E-state index contributed by atoms with van der Waals surface area (Å²) in [6.45, 7) is 4.15. The van der Waals surface area contributed by atoms with Crippen LogP contribution in [0.4, 0.5) is 0 Å². The summed E-state index contributed by atoms with van der Waals surface area (Å²) in [6, 6.07) is 28.4. The Bertz CT molecular complexity index is 1830. The third kappa shape index (κ3) is 4.42. The molecule has 7 nitrogen and oxygen atoms in total. The van der Waals surface area contributed by atoms with Crippen molar-refractivity contribution in [3.05, 3.63) is 114 Å². The third-order valence-corrected chi connectivity index (χ3v) is 7.34. The standard InChI is InChI=1S/C32H27N5O2/c1-21-34-27-12-10-25(17-29(27)35-21)24-11-13-31-26(16-24)19-36(14-15-39-31)32(38)23-8-6-22(7-9-23)18-37-20-33-28-4-2-3-5-30(28)37/h2-13,16-17,20H,14-15,18-19H2,1H3,(H,34,35). The molecular weight excluding hydrogens is 486 g/mol. The fourth-order valence-electron chi connectivity index (χ4n) is 5.33. The molecule has 1 aliphatic rings. The Morgan fingerprint density at radius 3 is 2.67 bits per heavy atom. The molecule has 0 radical (unpaired) electrons. The van der Waals surface area contributed by atoms with Crippen LogP contribution in [0.1, 0.15) is 27.3 Å². The molecule has 2 aromatic heterocycles. The molecule has 0 saturated heterocycles. The Kier molecular flexibility index (Phi) is 5.62. The van der Waals surface area contributed by atoms with Gasteiger partial charge in [0.15, 0.2) is 0 Å². The number of hydrogen-bond donors (Lipinski definition) is 1. The van der Waals surface area contributed by atoms with Crippen molar-refractivity contribution >= 4 is 28.0 Å². The number of benzene rings is 4. The van der Waals surface area contributed by atoms with Gasteiger partial charge in [-0.25, -0.2) is 9.97 Å². The van der Waals surface area contributed by atoms with Crippen molar-refractivity contribution < 1.29 is 9.53 Å². The Balaban J connectivity index is 1.10. The number of rotatable bonds is 4. The quantitative estimate of drug-likeness (QED) is 0.315. The minimum absolute atomic E-state index is 0.00541. The van der Waals surface area contributed by atoms with Gasteiger partial charge in [0.25, 0.3) is 5.91 Å². The number of carbonyl (C=O) groups excluding carboxylic acids is 1. The maximum atomic E-state index is 13.5. The van der Waals surface area contributed by atoms with Crippen molar-refractivity contribution in [3.63, 3.8) is 0 Å². The van der Waals surface area contributed by atoms with E-state index in [0.29, 0.717) is 31.8 Å². The first-order chi connectivity index (χ1) is 19.1. The van der Waals surface area contributed by atoms with Gasteiger partial charge < -0.3 is 19.2 Å². The lowest BCUT2D eigenvalue weighted by atomic mass is 10.0. The minimum Gasteiger partial charge on any atom is -0.491 e. The highest BCUT2D eigenvalue weighted by Crippen LogP contribution is 2.31. The molecule has 0 spiro atoms. The molecule has 7 heteroatoms. The van der Waals surface area contributed by atoms with Crippen LogP contribution in [-0.2, 0) is 13.1 Å². The van der Waals surface area contributed by atoms with Crippen LogP contribution in [-0.4, -0.2) is 43.5 Å². The van der Waals surface area contributed by atoms with E-state index in [2.05, 4.69) is 49.9 Å². The zero-order valence-electron chi connectivity index (χ0n) is 21.6. The number of aryl methyl sites for hydroxylation is 1. The second-order valence-electron chi connectivity index (χ2n) is 10.0. The number of hydrogen-bond acceptors (Lipinski definition) is 4. The summed E-state index contributed by atoms with van der Waals surface area (Å²) in [5.74, 6) is 1.73. The van der Waals surface area contributed by atoms with E-state index in [1.165, 1.54) is 0 Å². The lowest BCUT2D eigenvalue weighted by Gasteiger charge is -2.20. The van der Waals surface area contributed by atoms with Gasteiger partial charge in [0, 0.05) is 24.2 Å². The predicted octanol–water partition coefficient (Wildman–Crippen LogP) is 5.97. The van der Waals surface area contributed by atoms with E-state index < -0.39 is 0 Å². The van der Waals surface area contributed by atoms with Gasteiger partial charge in [-0.1, -0.05) is 36.4 Å². The van der Waals surface area contributed by atoms with Gasteiger partial charge in [-0.3, -0.25) is 4.79 Å². The molecule has 7 rings (SSSR count). The normalized spacial score (nSPS) is 13.3. The number of nitrogens with one attached hydrogen (secondary N) is 1. The lowest BCUT2D eigenvalue weighted by molar-refractivity contribution is 0.0733. The van der Waals surface area contributed by atoms with Crippen LogP contribution in [0, 0.1) is 6.92 Å². The molecule has 1 N–H and O–H groups in total. The molecule has 3 heterocycles. The van der Waals surface area contributed by atoms with Crippen molar-refractivity contribution in [1.29, 1.82) is 0 Å². The maximum absolute atomic E-state index is 13.5. The highest BCUT2D eigenvalue weighted by molar-refractivity contribution is 5.94. The van der Waals surface area contributed by atoms with Crippen LogP contribution in [0.15, 0.2) is 91.3 Å². The predicted molar refractivity (Wildman–Crippen MR) is 152 cm³/mol. The number of aromatic amines is 1.